The third kappa shape index (κ3) is 6.89. The van der Waals surface area contributed by atoms with E-state index in [9.17, 15) is 14.7 Å². The summed E-state index contributed by atoms with van der Waals surface area (Å²) < 4.78 is 1.67. The van der Waals surface area contributed by atoms with Gasteiger partial charge in [0.15, 0.2) is 5.78 Å². The van der Waals surface area contributed by atoms with Crippen molar-refractivity contribution in [3.63, 3.8) is 0 Å². The van der Waals surface area contributed by atoms with Crippen molar-refractivity contribution in [2.45, 2.75) is 38.7 Å². The number of aromatic nitrogens is 2. The zero-order valence-corrected chi connectivity index (χ0v) is 17.3. The predicted molar refractivity (Wildman–Crippen MR) is 111 cm³/mol. The minimum atomic E-state index is -1.30. The maximum Gasteiger partial charge on any atom is 0.249 e. The van der Waals surface area contributed by atoms with Crippen LogP contribution < -0.4 is 5.48 Å². The van der Waals surface area contributed by atoms with Gasteiger partial charge in [0.05, 0.1) is 23.3 Å². The molecule has 0 saturated heterocycles. The number of Topliss-reactive ketones (excluding diaryl/α,β-unsaturated/α-hetero) is 1. The average molecular weight is 407 g/mol. The maximum absolute atomic E-state index is 12.4. The van der Waals surface area contributed by atoms with Gasteiger partial charge in [0.25, 0.3) is 0 Å². The molecule has 7 nitrogen and oxygen atoms in total. The highest BCUT2D eigenvalue weighted by Gasteiger charge is 2.32. The fourth-order valence-electron chi connectivity index (χ4n) is 2.93. The Morgan fingerprint density at radius 2 is 1.80 bits per heavy atom. The maximum atomic E-state index is 12.4. The van der Waals surface area contributed by atoms with Crippen LogP contribution in [0, 0.1) is 29.6 Å². The summed E-state index contributed by atoms with van der Waals surface area (Å²) in [6.45, 7) is 2.99. The number of carbonyl (C=O) groups excluding carboxylic acids is 2. The van der Waals surface area contributed by atoms with Crippen LogP contribution in [0.2, 0.25) is 0 Å². The van der Waals surface area contributed by atoms with Crippen LogP contribution in [0.4, 0.5) is 0 Å². The summed E-state index contributed by atoms with van der Waals surface area (Å²) in [6.07, 6.45) is 4.38. The Kier molecular flexibility index (Phi) is 7.94. The average Bonchev–Trinajstić information content (AvgIpc) is 3.12. The van der Waals surface area contributed by atoms with Crippen LogP contribution in [0.3, 0.4) is 0 Å². The summed E-state index contributed by atoms with van der Waals surface area (Å²) in [5.41, 5.74) is 2.35. The van der Waals surface area contributed by atoms with E-state index in [2.05, 4.69) is 28.8 Å². The quantitative estimate of drug-likeness (QED) is 0.282. The molecule has 7 heteroatoms. The summed E-state index contributed by atoms with van der Waals surface area (Å²) in [5.74, 6) is 9.82. The number of hydrogen-bond acceptors (Lipinski definition) is 5. The Morgan fingerprint density at radius 3 is 2.33 bits per heavy atom. The van der Waals surface area contributed by atoms with Crippen molar-refractivity contribution in [2.75, 3.05) is 0 Å². The van der Waals surface area contributed by atoms with Gasteiger partial charge in [-0.1, -0.05) is 18.1 Å². The fourth-order valence-corrected chi connectivity index (χ4v) is 2.93. The van der Waals surface area contributed by atoms with Crippen LogP contribution in [0.15, 0.2) is 36.7 Å². The van der Waals surface area contributed by atoms with Crippen molar-refractivity contribution in [3.05, 3.63) is 53.3 Å². The van der Waals surface area contributed by atoms with E-state index in [-0.39, 0.29) is 18.6 Å². The number of nitrogens with zero attached hydrogens (tertiary/aromatic N) is 2. The summed E-state index contributed by atoms with van der Waals surface area (Å²) >= 11 is 0. The van der Waals surface area contributed by atoms with Gasteiger partial charge in [-0.15, -0.1) is 0 Å². The molecule has 1 amide bonds. The molecule has 0 aliphatic heterocycles. The smallest absolute Gasteiger partial charge is 0.249 e. The second kappa shape index (κ2) is 10.4. The van der Waals surface area contributed by atoms with Crippen LogP contribution in [0.5, 0.6) is 0 Å². The van der Waals surface area contributed by atoms with Gasteiger partial charge in [0.1, 0.15) is 0 Å². The number of benzene rings is 1. The fraction of sp³-hybridized carbons (Fsp3) is 0.348. The molecule has 0 saturated carbocycles. The number of amides is 1. The molecule has 1 atom stereocenters. The Labute approximate surface area is 176 Å². The zero-order chi connectivity index (χ0) is 22.1. The first kappa shape index (κ1) is 22.9. The molecule has 3 N–H and O–H groups in total. The molecule has 156 valence electrons. The number of aryl methyl sites for hydroxylation is 1. The molecule has 1 aromatic carbocycles. The molecule has 0 spiro atoms. The highest BCUT2D eigenvalue weighted by molar-refractivity contribution is 5.96. The van der Waals surface area contributed by atoms with E-state index in [0.717, 1.165) is 11.1 Å². The van der Waals surface area contributed by atoms with Crippen LogP contribution in [0.1, 0.15) is 54.6 Å². The molecule has 2 aromatic rings. The lowest BCUT2D eigenvalue weighted by Gasteiger charge is -2.27. The lowest BCUT2D eigenvalue weighted by atomic mass is 9.85. The van der Waals surface area contributed by atoms with Gasteiger partial charge in [0, 0.05) is 30.8 Å². The zero-order valence-electron chi connectivity index (χ0n) is 17.3. The van der Waals surface area contributed by atoms with Crippen molar-refractivity contribution in [3.8, 4) is 23.7 Å². The van der Waals surface area contributed by atoms with E-state index >= 15 is 0 Å². The van der Waals surface area contributed by atoms with Crippen LogP contribution in [0.25, 0.3) is 0 Å². The monoisotopic (exact) mass is 407 g/mol. The van der Waals surface area contributed by atoms with E-state index in [0.29, 0.717) is 12.0 Å². The van der Waals surface area contributed by atoms with E-state index in [1.165, 1.54) is 13.8 Å². The third-order valence-electron chi connectivity index (χ3n) is 4.56. The predicted octanol–water partition coefficient (Wildman–Crippen LogP) is 2.07. The molecular formula is C23H25N3O4. The lowest BCUT2D eigenvalue weighted by molar-refractivity contribution is -0.141. The Bertz CT molecular complexity index is 1010. The number of nitrogens with one attached hydrogen (secondary N) is 1. The number of hydrogen-bond donors (Lipinski definition) is 3. The molecule has 0 unspecified atom stereocenters. The first-order valence-corrected chi connectivity index (χ1v) is 9.51. The third-order valence-corrected chi connectivity index (χ3v) is 4.56. The number of rotatable bonds is 7. The second-order valence-corrected chi connectivity index (χ2v) is 7.48. The van der Waals surface area contributed by atoms with Gasteiger partial charge in [-0.2, -0.15) is 5.10 Å². The lowest BCUT2D eigenvalue weighted by Crippen LogP contribution is -2.42. The number of carbonyl (C=O) groups is 2. The van der Waals surface area contributed by atoms with Crippen LogP contribution in [-0.4, -0.2) is 37.4 Å². The van der Waals surface area contributed by atoms with Crippen molar-refractivity contribution >= 4 is 11.7 Å². The van der Waals surface area contributed by atoms with Crippen LogP contribution >= 0.6 is 0 Å². The van der Waals surface area contributed by atoms with Crippen molar-refractivity contribution in [1.29, 1.82) is 0 Å². The minimum Gasteiger partial charge on any atom is -0.390 e. The molecule has 0 radical (unpaired) electrons. The molecular weight excluding hydrogens is 382 g/mol. The topological polar surface area (TPSA) is 104 Å². The van der Waals surface area contributed by atoms with E-state index < -0.39 is 17.4 Å². The molecule has 2 rings (SSSR count). The van der Waals surface area contributed by atoms with Gasteiger partial charge < -0.3 is 5.11 Å². The van der Waals surface area contributed by atoms with Gasteiger partial charge in [-0.05, 0) is 56.6 Å². The summed E-state index contributed by atoms with van der Waals surface area (Å²) in [7, 11) is 1.82. The van der Waals surface area contributed by atoms with Crippen LogP contribution in [-0.2, 0) is 11.8 Å². The normalized spacial score (nSPS) is 11.5. The highest BCUT2D eigenvalue weighted by Crippen LogP contribution is 2.23. The molecule has 0 bridgehead atoms. The first-order valence-electron chi connectivity index (χ1n) is 9.51. The first-order chi connectivity index (χ1) is 14.2. The van der Waals surface area contributed by atoms with Gasteiger partial charge in [-0.25, -0.2) is 5.48 Å². The van der Waals surface area contributed by atoms with E-state index in [1.807, 2.05) is 7.05 Å². The largest absolute Gasteiger partial charge is 0.390 e. The van der Waals surface area contributed by atoms with Gasteiger partial charge >= 0.3 is 0 Å². The second-order valence-electron chi connectivity index (χ2n) is 7.48. The van der Waals surface area contributed by atoms with Crippen molar-refractivity contribution in [1.82, 2.24) is 15.3 Å². The SMILES string of the molecule is Cn1cc(C#CC#Cc2ccc(C(=O)CCC[C@H](C(=O)NO)C(C)(C)O)cc2)cn1. The number of ketones is 1. The Hall–Kier alpha value is -3.39. The molecule has 1 aromatic heterocycles. The number of aliphatic hydroxyl groups is 1. The van der Waals surface area contributed by atoms with Gasteiger partial charge in [-0.3, -0.25) is 19.5 Å². The molecule has 0 aliphatic rings. The van der Waals surface area contributed by atoms with E-state index in [1.54, 1.807) is 46.8 Å². The summed E-state index contributed by atoms with van der Waals surface area (Å²) in [4.78, 5) is 24.1. The summed E-state index contributed by atoms with van der Waals surface area (Å²) in [6, 6.07) is 6.92. The molecule has 1 heterocycles. The Morgan fingerprint density at radius 1 is 1.17 bits per heavy atom. The Balaban J connectivity index is 1.90. The van der Waals surface area contributed by atoms with Gasteiger partial charge in [0.2, 0.25) is 5.91 Å². The number of hydroxylamine groups is 1. The van der Waals surface area contributed by atoms with Crippen molar-refractivity contribution in [2.24, 2.45) is 13.0 Å². The molecule has 30 heavy (non-hydrogen) atoms. The van der Waals surface area contributed by atoms with E-state index in [4.69, 9.17) is 5.21 Å². The minimum absolute atomic E-state index is 0.0650. The summed E-state index contributed by atoms with van der Waals surface area (Å²) in [5, 5.41) is 22.9. The standard InChI is InChI=1S/C23H25N3O4/c1-23(2,29)20(22(28)25-30)9-6-10-21(27)19-13-11-17(12-14-19)7-4-5-8-18-15-24-26(3)16-18/h11-16,20,29-30H,6,9-10H2,1-3H3,(H,25,28)/t20-/m1/s1. The molecule has 0 aliphatic carbocycles. The molecule has 0 fully saturated rings. The van der Waals surface area contributed by atoms with Crippen molar-refractivity contribution < 1.29 is 19.9 Å². The highest BCUT2D eigenvalue weighted by atomic mass is 16.5.